The highest BCUT2D eigenvalue weighted by Gasteiger charge is 2.29. The maximum atomic E-state index is 10.9. The van der Waals surface area contributed by atoms with E-state index in [1.807, 2.05) is 0 Å². The smallest absolute Gasteiger partial charge is 0.306 e. The average molecular weight is 241 g/mol. The fraction of sp³-hybridized carbons (Fsp3) is 0.923. The van der Waals surface area contributed by atoms with Crippen molar-refractivity contribution in [3.05, 3.63) is 0 Å². The maximum absolute atomic E-state index is 10.9. The first-order chi connectivity index (χ1) is 8.16. The van der Waals surface area contributed by atoms with Crippen LogP contribution in [0, 0.1) is 11.8 Å². The summed E-state index contributed by atoms with van der Waals surface area (Å²) in [7, 11) is 0. The Morgan fingerprint density at radius 2 is 1.94 bits per heavy atom. The van der Waals surface area contributed by atoms with Gasteiger partial charge in [-0.15, -0.1) is 0 Å². The molecule has 0 aliphatic heterocycles. The van der Waals surface area contributed by atoms with Crippen molar-refractivity contribution in [2.75, 3.05) is 6.54 Å². The highest BCUT2D eigenvalue weighted by atomic mass is 16.4. The van der Waals surface area contributed by atoms with Gasteiger partial charge < -0.3 is 15.5 Å². The topological polar surface area (TPSA) is 69.6 Å². The fourth-order valence-corrected chi connectivity index (χ4v) is 3.17. The minimum absolute atomic E-state index is 0.152. The van der Waals surface area contributed by atoms with Crippen LogP contribution in [0.1, 0.15) is 44.9 Å². The third-order valence-electron chi connectivity index (χ3n) is 4.31. The van der Waals surface area contributed by atoms with Gasteiger partial charge in [-0.25, -0.2) is 0 Å². The van der Waals surface area contributed by atoms with Gasteiger partial charge in [-0.05, 0) is 38.0 Å². The number of hydrogen-bond acceptors (Lipinski definition) is 3. The molecule has 2 fully saturated rings. The summed E-state index contributed by atoms with van der Waals surface area (Å²) in [5.74, 6) is -0.452. The lowest BCUT2D eigenvalue weighted by molar-refractivity contribution is -0.143. The number of rotatable bonds is 4. The number of nitrogens with one attached hydrogen (secondary N) is 1. The van der Waals surface area contributed by atoms with E-state index in [1.165, 1.54) is 0 Å². The lowest BCUT2D eigenvalue weighted by Gasteiger charge is -2.29. The molecule has 0 radical (unpaired) electrons. The molecule has 17 heavy (non-hydrogen) atoms. The molecule has 0 spiro atoms. The molecule has 0 aromatic rings. The zero-order valence-electron chi connectivity index (χ0n) is 10.3. The Labute approximate surface area is 102 Å². The number of aliphatic hydroxyl groups excluding tert-OH is 1. The lowest BCUT2D eigenvalue weighted by atomic mass is 9.85. The van der Waals surface area contributed by atoms with Gasteiger partial charge in [0.15, 0.2) is 0 Å². The number of aliphatic carboxylic acids is 1. The highest BCUT2D eigenvalue weighted by molar-refractivity contribution is 5.70. The Kier molecular flexibility index (Phi) is 4.40. The van der Waals surface area contributed by atoms with E-state index in [0.717, 1.165) is 51.5 Å². The fourth-order valence-electron chi connectivity index (χ4n) is 3.17. The monoisotopic (exact) mass is 241 g/mol. The van der Waals surface area contributed by atoms with E-state index in [2.05, 4.69) is 5.32 Å². The van der Waals surface area contributed by atoms with E-state index in [1.54, 1.807) is 0 Å². The van der Waals surface area contributed by atoms with Gasteiger partial charge in [-0.1, -0.05) is 12.8 Å². The summed E-state index contributed by atoms with van der Waals surface area (Å²) in [6, 6.07) is 0.331. The van der Waals surface area contributed by atoms with Crippen LogP contribution in [0.5, 0.6) is 0 Å². The van der Waals surface area contributed by atoms with Crippen molar-refractivity contribution in [3.8, 4) is 0 Å². The molecule has 3 N–H and O–H groups in total. The van der Waals surface area contributed by atoms with Gasteiger partial charge in [0.05, 0.1) is 12.0 Å². The molecule has 2 saturated carbocycles. The van der Waals surface area contributed by atoms with E-state index >= 15 is 0 Å². The Bertz CT molecular complexity index is 269. The molecule has 2 aliphatic rings. The van der Waals surface area contributed by atoms with Crippen LogP contribution in [0.15, 0.2) is 0 Å². The largest absolute Gasteiger partial charge is 0.481 e. The summed E-state index contributed by atoms with van der Waals surface area (Å²) in [4.78, 5) is 10.9. The van der Waals surface area contributed by atoms with Crippen molar-refractivity contribution < 1.29 is 15.0 Å². The number of aliphatic hydroxyl groups is 1. The van der Waals surface area contributed by atoms with Crippen molar-refractivity contribution in [1.29, 1.82) is 0 Å². The summed E-state index contributed by atoms with van der Waals surface area (Å²) >= 11 is 0. The lowest BCUT2D eigenvalue weighted by Crippen LogP contribution is -2.40. The van der Waals surface area contributed by atoms with E-state index in [0.29, 0.717) is 12.0 Å². The van der Waals surface area contributed by atoms with Gasteiger partial charge in [0.25, 0.3) is 0 Å². The zero-order chi connectivity index (χ0) is 12.3. The van der Waals surface area contributed by atoms with Crippen LogP contribution in [0.4, 0.5) is 0 Å². The number of carboxylic acids is 1. The molecule has 2 aliphatic carbocycles. The third kappa shape index (κ3) is 3.42. The van der Waals surface area contributed by atoms with Crippen LogP contribution in [0.3, 0.4) is 0 Å². The summed E-state index contributed by atoms with van der Waals surface area (Å²) in [5, 5.41) is 22.2. The van der Waals surface area contributed by atoms with Gasteiger partial charge >= 0.3 is 5.97 Å². The second kappa shape index (κ2) is 5.83. The predicted octanol–water partition coefficient (Wildman–Crippen LogP) is 1.38. The molecular formula is C13H23NO3. The summed E-state index contributed by atoms with van der Waals surface area (Å²) in [6.45, 7) is 0.845. The van der Waals surface area contributed by atoms with E-state index in [9.17, 15) is 9.90 Å². The minimum atomic E-state index is -0.655. The van der Waals surface area contributed by atoms with Gasteiger partial charge in [0.1, 0.15) is 0 Å². The van der Waals surface area contributed by atoms with Crippen LogP contribution in [0.25, 0.3) is 0 Å². The molecule has 0 heterocycles. The van der Waals surface area contributed by atoms with Gasteiger partial charge in [0.2, 0.25) is 0 Å². The molecule has 0 bridgehead atoms. The summed E-state index contributed by atoms with van der Waals surface area (Å²) < 4.78 is 0. The SMILES string of the molecule is O=C(O)C1CCCC(NCC2CCCC2O)C1. The molecule has 0 aromatic heterocycles. The average Bonchev–Trinajstić information content (AvgIpc) is 2.72. The minimum Gasteiger partial charge on any atom is -0.481 e. The second-order valence-electron chi connectivity index (χ2n) is 5.57. The normalized spacial score (nSPS) is 38.2. The molecule has 98 valence electrons. The van der Waals surface area contributed by atoms with Crippen LogP contribution >= 0.6 is 0 Å². The number of carboxylic acid groups (broad SMARTS) is 1. The molecule has 4 atom stereocenters. The van der Waals surface area contributed by atoms with Crippen molar-refractivity contribution in [2.45, 2.75) is 57.1 Å². The Balaban J connectivity index is 1.73. The molecule has 0 aromatic carbocycles. The third-order valence-corrected chi connectivity index (χ3v) is 4.31. The first kappa shape index (κ1) is 12.8. The predicted molar refractivity (Wildman–Crippen MR) is 64.7 cm³/mol. The molecule has 0 amide bonds. The van der Waals surface area contributed by atoms with Crippen molar-refractivity contribution in [2.24, 2.45) is 11.8 Å². The molecule has 4 heteroatoms. The first-order valence-corrected chi connectivity index (χ1v) is 6.81. The molecule has 2 rings (SSSR count). The summed E-state index contributed by atoms with van der Waals surface area (Å²) in [5.41, 5.74) is 0. The number of hydrogen-bond donors (Lipinski definition) is 3. The Morgan fingerprint density at radius 1 is 1.18 bits per heavy atom. The maximum Gasteiger partial charge on any atom is 0.306 e. The standard InChI is InChI=1S/C13H23NO3/c15-12-6-2-4-10(12)8-14-11-5-1-3-9(7-11)13(16)17/h9-12,14-15H,1-8H2,(H,16,17). The molecule has 4 nitrogen and oxygen atoms in total. The molecular weight excluding hydrogens is 218 g/mol. The van der Waals surface area contributed by atoms with Gasteiger partial charge in [-0.3, -0.25) is 4.79 Å². The van der Waals surface area contributed by atoms with Crippen LogP contribution in [-0.4, -0.2) is 34.9 Å². The zero-order valence-corrected chi connectivity index (χ0v) is 10.3. The van der Waals surface area contributed by atoms with Crippen molar-refractivity contribution in [3.63, 3.8) is 0 Å². The van der Waals surface area contributed by atoms with E-state index in [4.69, 9.17) is 5.11 Å². The quantitative estimate of drug-likeness (QED) is 0.695. The first-order valence-electron chi connectivity index (χ1n) is 6.81. The van der Waals surface area contributed by atoms with Crippen molar-refractivity contribution >= 4 is 5.97 Å². The van der Waals surface area contributed by atoms with Crippen molar-refractivity contribution in [1.82, 2.24) is 5.32 Å². The van der Waals surface area contributed by atoms with Gasteiger partial charge in [-0.2, -0.15) is 0 Å². The van der Waals surface area contributed by atoms with E-state index < -0.39 is 5.97 Å². The Hall–Kier alpha value is -0.610. The molecule has 0 saturated heterocycles. The van der Waals surface area contributed by atoms with Gasteiger partial charge in [0, 0.05) is 12.6 Å². The Morgan fingerprint density at radius 3 is 2.59 bits per heavy atom. The molecule has 4 unspecified atom stereocenters. The van der Waals surface area contributed by atoms with E-state index in [-0.39, 0.29) is 12.0 Å². The highest BCUT2D eigenvalue weighted by Crippen LogP contribution is 2.27. The van der Waals surface area contributed by atoms with Crippen LogP contribution in [-0.2, 0) is 4.79 Å². The second-order valence-corrected chi connectivity index (χ2v) is 5.57. The van der Waals surface area contributed by atoms with Crippen LogP contribution < -0.4 is 5.32 Å². The van der Waals surface area contributed by atoms with Crippen LogP contribution in [0.2, 0.25) is 0 Å². The summed E-state index contributed by atoms with van der Waals surface area (Å²) in [6.07, 6.45) is 6.64. The number of carbonyl (C=O) groups is 1.